The summed E-state index contributed by atoms with van der Waals surface area (Å²) in [6, 6.07) is 1.87. The molecule has 16 heavy (non-hydrogen) atoms. The second-order valence-corrected chi connectivity index (χ2v) is 4.93. The fourth-order valence-corrected chi connectivity index (χ4v) is 2.43. The molecule has 1 aromatic rings. The Kier molecular flexibility index (Phi) is 4.01. The van der Waals surface area contributed by atoms with Crippen LogP contribution in [0.4, 0.5) is 11.5 Å². The van der Waals surface area contributed by atoms with E-state index in [0.29, 0.717) is 5.69 Å². The molecule has 0 aliphatic carbocycles. The van der Waals surface area contributed by atoms with E-state index < -0.39 is 0 Å². The van der Waals surface area contributed by atoms with Gasteiger partial charge in [0.15, 0.2) is 0 Å². The van der Waals surface area contributed by atoms with E-state index in [2.05, 4.69) is 31.1 Å². The Morgan fingerprint density at radius 1 is 1.44 bits per heavy atom. The lowest BCUT2D eigenvalue weighted by Crippen LogP contribution is -2.26. The number of aromatic nitrogens is 1. The minimum atomic E-state index is 0.678. The van der Waals surface area contributed by atoms with Crippen molar-refractivity contribution in [1.82, 2.24) is 9.88 Å². The van der Waals surface area contributed by atoms with Gasteiger partial charge in [-0.25, -0.2) is 4.98 Å². The minimum Gasteiger partial charge on any atom is -0.397 e. The van der Waals surface area contributed by atoms with Crippen LogP contribution >= 0.6 is 15.9 Å². The molecule has 5 heteroatoms. The summed E-state index contributed by atoms with van der Waals surface area (Å²) >= 11 is 3.44. The normalized spacial score (nSPS) is 16.6. The van der Waals surface area contributed by atoms with Crippen molar-refractivity contribution in [2.75, 3.05) is 37.2 Å². The summed E-state index contributed by atoms with van der Waals surface area (Å²) in [5.74, 6) is 0.869. The van der Waals surface area contributed by atoms with Gasteiger partial charge < -0.3 is 16.0 Å². The average molecular weight is 285 g/mol. The number of hydrogen-bond donors (Lipinski definition) is 2. The first kappa shape index (κ1) is 11.7. The second kappa shape index (κ2) is 5.50. The molecule has 1 fully saturated rings. The van der Waals surface area contributed by atoms with Gasteiger partial charge in [-0.1, -0.05) is 0 Å². The number of pyridine rings is 1. The van der Waals surface area contributed by atoms with Crippen LogP contribution in [-0.2, 0) is 0 Å². The van der Waals surface area contributed by atoms with E-state index in [-0.39, 0.29) is 0 Å². The van der Waals surface area contributed by atoms with Gasteiger partial charge in [-0.15, -0.1) is 0 Å². The number of hydrogen-bond acceptors (Lipinski definition) is 4. The summed E-state index contributed by atoms with van der Waals surface area (Å²) < 4.78 is 0.925. The first-order valence-electron chi connectivity index (χ1n) is 5.63. The third-order valence-corrected chi connectivity index (χ3v) is 3.39. The number of nitrogens with two attached hydrogens (primary N) is 1. The molecular formula is C11H17BrN4. The number of rotatable bonds is 4. The van der Waals surface area contributed by atoms with Crippen LogP contribution in [-0.4, -0.2) is 36.1 Å². The number of halogens is 1. The van der Waals surface area contributed by atoms with E-state index in [0.717, 1.165) is 23.4 Å². The molecule has 0 radical (unpaired) electrons. The summed E-state index contributed by atoms with van der Waals surface area (Å²) in [5.41, 5.74) is 6.30. The lowest BCUT2D eigenvalue weighted by molar-refractivity contribution is 0.352. The Hall–Kier alpha value is -0.810. The van der Waals surface area contributed by atoms with Gasteiger partial charge in [0.25, 0.3) is 0 Å². The lowest BCUT2D eigenvalue weighted by atomic mass is 10.4. The molecule has 3 N–H and O–H groups in total. The van der Waals surface area contributed by atoms with Crippen molar-refractivity contribution in [3.63, 3.8) is 0 Å². The van der Waals surface area contributed by atoms with Gasteiger partial charge >= 0.3 is 0 Å². The first-order chi connectivity index (χ1) is 7.75. The van der Waals surface area contributed by atoms with Crippen molar-refractivity contribution in [1.29, 1.82) is 0 Å². The minimum absolute atomic E-state index is 0.678. The Balaban J connectivity index is 1.80. The van der Waals surface area contributed by atoms with E-state index >= 15 is 0 Å². The topological polar surface area (TPSA) is 54.2 Å². The highest BCUT2D eigenvalue weighted by atomic mass is 79.9. The number of nitrogen functional groups attached to an aromatic ring is 1. The predicted octanol–water partition coefficient (Wildman–Crippen LogP) is 1.93. The lowest BCUT2D eigenvalue weighted by Gasteiger charge is -2.15. The zero-order chi connectivity index (χ0) is 11.4. The maximum Gasteiger partial charge on any atom is 0.140 e. The van der Waals surface area contributed by atoms with Gasteiger partial charge in [0.05, 0.1) is 16.4 Å². The molecule has 1 saturated heterocycles. The molecule has 4 nitrogen and oxygen atoms in total. The van der Waals surface area contributed by atoms with Crippen LogP contribution in [0.3, 0.4) is 0 Å². The van der Waals surface area contributed by atoms with Crippen molar-refractivity contribution in [2.24, 2.45) is 0 Å². The van der Waals surface area contributed by atoms with Crippen LogP contribution in [0.5, 0.6) is 0 Å². The summed E-state index contributed by atoms with van der Waals surface area (Å²) in [5, 5.41) is 3.31. The van der Waals surface area contributed by atoms with Crippen LogP contribution in [0.1, 0.15) is 12.8 Å². The highest BCUT2D eigenvalue weighted by Gasteiger charge is 2.10. The summed E-state index contributed by atoms with van der Waals surface area (Å²) in [4.78, 5) is 6.71. The van der Waals surface area contributed by atoms with Crippen molar-refractivity contribution in [2.45, 2.75) is 12.8 Å². The molecule has 1 aliphatic heterocycles. The highest BCUT2D eigenvalue weighted by Crippen LogP contribution is 2.21. The van der Waals surface area contributed by atoms with Gasteiger partial charge in [-0.3, -0.25) is 0 Å². The number of likely N-dealkylation sites (tertiary alicyclic amines) is 1. The summed E-state index contributed by atoms with van der Waals surface area (Å²) in [6.07, 6.45) is 4.34. The molecule has 0 amide bonds. The zero-order valence-electron chi connectivity index (χ0n) is 9.25. The molecule has 0 aromatic carbocycles. The average Bonchev–Trinajstić information content (AvgIpc) is 2.74. The van der Waals surface area contributed by atoms with Crippen LogP contribution in [0.25, 0.3) is 0 Å². The smallest absolute Gasteiger partial charge is 0.140 e. The third-order valence-electron chi connectivity index (χ3n) is 2.78. The highest BCUT2D eigenvalue weighted by molar-refractivity contribution is 9.10. The number of nitrogens with zero attached hydrogens (tertiary/aromatic N) is 2. The number of nitrogens with one attached hydrogen (secondary N) is 1. The monoisotopic (exact) mass is 284 g/mol. The summed E-state index contributed by atoms with van der Waals surface area (Å²) in [6.45, 7) is 4.48. The maximum atomic E-state index is 5.63. The molecule has 1 aromatic heterocycles. The van der Waals surface area contributed by atoms with E-state index in [4.69, 9.17) is 5.73 Å². The molecule has 0 spiro atoms. The van der Waals surface area contributed by atoms with Gasteiger partial charge in [-0.2, -0.15) is 0 Å². The van der Waals surface area contributed by atoms with Gasteiger partial charge in [0.2, 0.25) is 0 Å². The fraction of sp³-hybridized carbons (Fsp3) is 0.545. The molecule has 1 aliphatic rings. The quantitative estimate of drug-likeness (QED) is 0.887. The van der Waals surface area contributed by atoms with Gasteiger partial charge in [0, 0.05) is 13.1 Å². The summed E-state index contributed by atoms with van der Waals surface area (Å²) in [7, 11) is 0. The van der Waals surface area contributed by atoms with Crippen LogP contribution in [0.2, 0.25) is 0 Å². The molecule has 0 bridgehead atoms. The molecule has 2 rings (SSSR count). The Morgan fingerprint density at radius 2 is 2.19 bits per heavy atom. The van der Waals surface area contributed by atoms with Crippen LogP contribution in [0, 0.1) is 0 Å². The van der Waals surface area contributed by atoms with Crippen LogP contribution < -0.4 is 11.1 Å². The SMILES string of the molecule is Nc1cnc(NCCN2CCCC2)c(Br)c1. The van der Waals surface area contributed by atoms with Crippen molar-refractivity contribution in [3.05, 3.63) is 16.7 Å². The van der Waals surface area contributed by atoms with Crippen molar-refractivity contribution < 1.29 is 0 Å². The standard InChI is InChI=1S/C11H17BrN4/c12-10-7-9(13)8-15-11(10)14-3-6-16-4-1-2-5-16/h7-8H,1-6,13H2,(H,14,15). The Labute approximate surface area is 104 Å². The first-order valence-corrected chi connectivity index (χ1v) is 6.42. The molecule has 2 heterocycles. The molecule has 0 atom stereocenters. The van der Waals surface area contributed by atoms with Crippen molar-refractivity contribution in [3.8, 4) is 0 Å². The number of anilines is 2. The second-order valence-electron chi connectivity index (χ2n) is 4.07. The Morgan fingerprint density at radius 3 is 2.88 bits per heavy atom. The molecule has 0 saturated carbocycles. The molecular weight excluding hydrogens is 268 g/mol. The third kappa shape index (κ3) is 3.09. The predicted molar refractivity (Wildman–Crippen MR) is 70.5 cm³/mol. The fourth-order valence-electron chi connectivity index (χ4n) is 1.92. The largest absolute Gasteiger partial charge is 0.397 e. The van der Waals surface area contributed by atoms with E-state index in [1.165, 1.54) is 25.9 Å². The van der Waals surface area contributed by atoms with E-state index in [1.807, 2.05) is 6.07 Å². The molecule has 88 valence electrons. The molecule has 0 unspecified atom stereocenters. The Bertz CT molecular complexity index is 350. The van der Waals surface area contributed by atoms with Gasteiger partial charge in [0.1, 0.15) is 5.82 Å². The van der Waals surface area contributed by atoms with Crippen LogP contribution in [0.15, 0.2) is 16.7 Å². The zero-order valence-corrected chi connectivity index (χ0v) is 10.8. The van der Waals surface area contributed by atoms with E-state index in [1.54, 1.807) is 6.20 Å². The van der Waals surface area contributed by atoms with Crippen molar-refractivity contribution >= 4 is 27.4 Å². The van der Waals surface area contributed by atoms with E-state index in [9.17, 15) is 0 Å². The van der Waals surface area contributed by atoms with Gasteiger partial charge in [-0.05, 0) is 47.9 Å². The maximum absolute atomic E-state index is 5.63.